The van der Waals surface area contributed by atoms with Crippen molar-refractivity contribution >= 4 is 10.9 Å². The second kappa shape index (κ2) is 4.42. The zero-order chi connectivity index (χ0) is 13.5. The summed E-state index contributed by atoms with van der Waals surface area (Å²) in [6.45, 7) is 4.74. The zero-order valence-electron chi connectivity index (χ0n) is 11.4. The summed E-state index contributed by atoms with van der Waals surface area (Å²) in [4.78, 5) is 4.50. The first-order chi connectivity index (χ1) is 9.83. The van der Waals surface area contributed by atoms with Gasteiger partial charge in [0.05, 0.1) is 17.8 Å². The standard InChI is InChI=1S/C16H16N4/c1-11-2-4-12(5-3-11)15-13-6-7-18-14-10-17-8-9-20(19-15)16(13)14/h2-7,17H,8-10H2,1H3. The van der Waals surface area contributed by atoms with Crippen molar-refractivity contribution in [2.24, 2.45) is 0 Å². The Kier molecular flexibility index (Phi) is 2.57. The van der Waals surface area contributed by atoms with E-state index in [1.54, 1.807) is 0 Å². The normalized spacial score (nSPS) is 14.4. The fraction of sp³-hybridized carbons (Fsp3) is 0.250. The summed E-state index contributed by atoms with van der Waals surface area (Å²) >= 11 is 0. The molecule has 4 heteroatoms. The zero-order valence-corrected chi connectivity index (χ0v) is 11.4. The van der Waals surface area contributed by atoms with Crippen LogP contribution in [-0.4, -0.2) is 21.3 Å². The number of aromatic nitrogens is 3. The molecular weight excluding hydrogens is 248 g/mol. The summed E-state index contributed by atoms with van der Waals surface area (Å²) in [5.41, 5.74) is 5.76. The Morgan fingerprint density at radius 3 is 2.85 bits per heavy atom. The van der Waals surface area contributed by atoms with E-state index in [0.29, 0.717) is 0 Å². The lowest BCUT2D eigenvalue weighted by molar-refractivity contribution is 0.588. The predicted octanol–water partition coefficient (Wildman–Crippen LogP) is 2.51. The minimum atomic E-state index is 0.816. The monoisotopic (exact) mass is 264 g/mol. The third-order valence-electron chi connectivity index (χ3n) is 3.85. The molecule has 0 amide bonds. The van der Waals surface area contributed by atoms with Crippen LogP contribution in [-0.2, 0) is 13.1 Å². The van der Waals surface area contributed by atoms with Gasteiger partial charge in [0.1, 0.15) is 5.69 Å². The fourth-order valence-electron chi connectivity index (χ4n) is 2.81. The largest absolute Gasteiger partial charge is 0.309 e. The van der Waals surface area contributed by atoms with Crippen molar-refractivity contribution in [1.29, 1.82) is 0 Å². The van der Waals surface area contributed by atoms with Crippen molar-refractivity contribution in [3.8, 4) is 11.3 Å². The van der Waals surface area contributed by atoms with Crippen LogP contribution in [0.2, 0.25) is 0 Å². The average molecular weight is 264 g/mol. The number of hydrogen-bond acceptors (Lipinski definition) is 3. The number of rotatable bonds is 1. The number of pyridine rings is 1. The third kappa shape index (κ3) is 1.72. The van der Waals surface area contributed by atoms with Gasteiger partial charge >= 0.3 is 0 Å². The number of benzene rings is 1. The Labute approximate surface area is 117 Å². The van der Waals surface area contributed by atoms with E-state index in [-0.39, 0.29) is 0 Å². The van der Waals surface area contributed by atoms with Crippen molar-refractivity contribution in [3.05, 3.63) is 47.8 Å². The molecule has 0 radical (unpaired) electrons. The highest BCUT2D eigenvalue weighted by molar-refractivity contribution is 5.94. The van der Waals surface area contributed by atoms with E-state index in [2.05, 4.69) is 52.2 Å². The smallest absolute Gasteiger partial charge is 0.100 e. The lowest BCUT2D eigenvalue weighted by Crippen LogP contribution is -2.16. The predicted molar refractivity (Wildman–Crippen MR) is 79.4 cm³/mol. The molecule has 4 nitrogen and oxygen atoms in total. The molecule has 3 aromatic rings. The van der Waals surface area contributed by atoms with Crippen molar-refractivity contribution < 1.29 is 0 Å². The summed E-state index contributed by atoms with van der Waals surface area (Å²) < 4.78 is 2.09. The van der Waals surface area contributed by atoms with Crippen LogP contribution in [0.5, 0.6) is 0 Å². The number of hydrogen-bond donors (Lipinski definition) is 1. The summed E-state index contributed by atoms with van der Waals surface area (Å²) in [5.74, 6) is 0. The highest BCUT2D eigenvalue weighted by Crippen LogP contribution is 2.29. The van der Waals surface area contributed by atoms with Gasteiger partial charge in [-0.3, -0.25) is 9.67 Å². The number of aryl methyl sites for hydroxylation is 1. The first-order valence-electron chi connectivity index (χ1n) is 6.95. The van der Waals surface area contributed by atoms with E-state index in [9.17, 15) is 0 Å². The van der Waals surface area contributed by atoms with Crippen LogP contribution in [0, 0.1) is 6.92 Å². The van der Waals surface area contributed by atoms with Crippen LogP contribution < -0.4 is 5.32 Å². The molecule has 0 saturated carbocycles. The van der Waals surface area contributed by atoms with Gasteiger partial charge in [0.15, 0.2) is 0 Å². The Bertz CT molecular complexity index is 771. The maximum atomic E-state index is 4.82. The molecule has 0 fully saturated rings. The van der Waals surface area contributed by atoms with Crippen LogP contribution in [0.1, 0.15) is 11.3 Å². The second-order valence-electron chi connectivity index (χ2n) is 5.27. The molecule has 20 heavy (non-hydrogen) atoms. The molecule has 1 aromatic carbocycles. The summed E-state index contributed by atoms with van der Waals surface area (Å²) in [6, 6.07) is 10.6. The second-order valence-corrected chi connectivity index (χ2v) is 5.27. The lowest BCUT2D eigenvalue weighted by Gasteiger charge is -2.01. The summed E-state index contributed by atoms with van der Waals surface area (Å²) in [7, 11) is 0. The van der Waals surface area contributed by atoms with E-state index < -0.39 is 0 Å². The minimum Gasteiger partial charge on any atom is -0.309 e. The molecule has 0 bridgehead atoms. The Balaban J connectivity index is 1.99. The minimum absolute atomic E-state index is 0.816. The third-order valence-corrected chi connectivity index (χ3v) is 3.85. The molecule has 0 saturated heterocycles. The van der Waals surface area contributed by atoms with Gasteiger partial charge in [0.2, 0.25) is 0 Å². The fourth-order valence-corrected chi connectivity index (χ4v) is 2.81. The first-order valence-corrected chi connectivity index (χ1v) is 6.95. The molecule has 1 aliphatic rings. The van der Waals surface area contributed by atoms with Crippen LogP contribution in [0.15, 0.2) is 36.5 Å². The average Bonchev–Trinajstić information content (AvgIpc) is 2.71. The molecule has 0 atom stereocenters. The molecule has 100 valence electrons. The van der Waals surface area contributed by atoms with Crippen LogP contribution >= 0.6 is 0 Å². The highest BCUT2D eigenvalue weighted by Gasteiger charge is 2.17. The Hall–Kier alpha value is -2.20. The van der Waals surface area contributed by atoms with Gasteiger partial charge < -0.3 is 5.32 Å². The highest BCUT2D eigenvalue weighted by atomic mass is 15.3. The maximum absolute atomic E-state index is 4.82. The van der Waals surface area contributed by atoms with Crippen LogP contribution in [0.4, 0.5) is 0 Å². The molecular formula is C16H16N4. The topological polar surface area (TPSA) is 42.7 Å². The maximum Gasteiger partial charge on any atom is 0.100 e. The molecule has 0 unspecified atom stereocenters. The Morgan fingerprint density at radius 1 is 1.15 bits per heavy atom. The summed E-state index contributed by atoms with van der Waals surface area (Å²) in [5, 5.41) is 9.40. The van der Waals surface area contributed by atoms with Crippen molar-refractivity contribution in [1.82, 2.24) is 20.1 Å². The van der Waals surface area contributed by atoms with Gasteiger partial charge in [-0.05, 0) is 13.0 Å². The number of nitrogens with one attached hydrogen (secondary N) is 1. The van der Waals surface area contributed by atoms with Gasteiger partial charge in [-0.1, -0.05) is 29.8 Å². The van der Waals surface area contributed by atoms with E-state index in [0.717, 1.165) is 31.0 Å². The van der Waals surface area contributed by atoms with Gasteiger partial charge in [-0.2, -0.15) is 5.10 Å². The SMILES string of the molecule is Cc1ccc(-c2nn3c4c(nccc24)CNCC3)cc1. The van der Waals surface area contributed by atoms with Crippen LogP contribution in [0.3, 0.4) is 0 Å². The van der Waals surface area contributed by atoms with Gasteiger partial charge in [0, 0.05) is 30.2 Å². The molecule has 4 rings (SSSR count). The van der Waals surface area contributed by atoms with Crippen LogP contribution in [0.25, 0.3) is 22.2 Å². The molecule has 3 heterocycles. The molecule has 1 N–H and O–H groups in total. The van der Waals surface area contributed by atoms with Gasteiger partial charge in [-0.25, -0.2) is 0 Å². The lowest BCUT2D eigenvalue weighted by atomic mass is 10.1. The van der Waals surface area contributed by atoms with E-state index >= 15 is 0 Å². The Morgan fingerprint density at radius 2 is 2.00 bits per heavy atom. The molecule has 1 aliphatic heterocycles. The van der Waals surface area contributed by atoms with Crippen molar-refractivity contribution in [3.63, 3.8) is 0 Å². The van der Waals surface area contributed by atoms with E-state index in [1.807, 2.05) is 6.20 Å². The molecule has 0 spiro atoms. The first kappa shape index (κ1) is 11.6. The van der Waals surface area contributed by atoms with Gasteiger partial charge in [-0.15, -0.1) is 0 Å². The molecule has 2 aromatic heterocycles. The number of nitrogens with zero attached hydrogens (tertiary/aromatic N) is 3. The van der Waals surface area contributed by atoms with Gasteiger partial charge in [0.25, 0.3) is 0 Å². The quantitative estimate of drug-likeness (QED) is 0.734. The van der Waals surface area contributed by atoms with E-state index in [1.165, 1.54) is 22.0 Å². The summed E-state index contributed by atoms with van der Waals surface area (Å²) in [6.07, 6.45) is 1.88. The van der Waals surface area contributed by atoms with Crippen molar-refractivity contribution in [2.75, 3.05) is 6.54 Å². The van der Waals surface area contributed by atoms with E-state index in [4.69, 9.17) is 5.10 Å². The van der Waals surface area contributed by atoms with Crippen molar-refractivity contribution in [2.45, 2.75) is 20.0 Å². The molecule has 0 aliphatic carbocycles.